The third kappa shape index (κ3) is 4.28. The van der Waals surface area contributed by atoms with Crippen LogP contribution in [0, 0.1) is 6.92 Å². The Kier molecular flexibility index (Phi) is 5.36. The maximum atomic E-state index is 11.8. The molecule has 0 aliphatic carbocycles. The van der Waals surface area contributed by atoms with Crippen molar-refractivity contribution in [2.75, 3.05) is 14.2 Å². The van der Waals surface area contributed by atoms with Crippen molar-refractivity contribution in [2.24, 2.45) is 0 Å². The van der Waals surface area contributed by atoms with E-state index in [0.717, 1.165) is 16.9 Å². The fraction of sp³-hybridized carbons (Fsp3) is 0.429. The molecule has 0 bridgehead atoms. The Bertz CT molecular complexity index is 471. The first-order valence-corrected chi connectivity index (χ1v) is 5.98. The van der Waals surface area contributed by atoms with E-state index in [0.29, 0.717) is 0 Å². The van der Waals surface area contributed by atoms with Gasteiger partial charge < -0.3 is 14.8 Å². The number of hydrogen-bond donors (Lipinski definition) is 1. The Morgan fingerprint density at radius 3 is 2.58 bits per heavy atom. The second-order valence-corrected chi connectivity index (χ2v) is 4.29. The predicted octanol–water partition coefficient (Wildman–Crippen LogP) is 1.22. The van der Waals surface area contributed by atoms with Crippen LogP contribution in [0.3, 0.4) is 0 Å². The second-order valence-electron chi connectivity index (χ2n) is 4.29. The fourth-order valence-electron chi connectivity index (χ4n) is 1.69. The number of methoxy groups -OCH3 is 2. The summed E-state index contributed by atoms with van der Waals surface area (Å²) in [5.74, 6) is 0.0463. The molecule has 0 unspecified atom stereocenters. The summed E-state index contributed by atoms with van der Waals surface area (Å²) in [6.07, 6.45) is 0.192. The second kappa shape index (κ2) is 6.78. The summed E-state index contributed by atoms with van der Waals surface area (Å²) in [6, 6.07) is 4.92. The molecule has 1 amide bonds. The molecule has 104 valence electrons. The van der Waals surface area contributed by atoms with Gasteiger partial charge >= 0.3 is 5.97 Å². The van der Waals surface area contributed by atoms with Crippen LogP contribution in [0.5, 0.6) is 5.75 Å². The van der Waals surface area contributed by atoms with Crippen LogP contribution in [-0.4, -0.2) is 32.1 Å². The third-order valence-corrected chi connectivity index (χ3v) is 2.77. The molecule has 0 spiro atoms. The fourth-order valence-corrected chi connectivity index (χ4v) is 1.69. The molecule has 0 saturated heterocycles. The number of ether oxygens (including phenoxy) is 2. The van der Waals surface area contributed by atoms with Gasteiger partial charge in [0.15, 0.2) is 0 Å². The van der Waals surface area contributed by atoms with Gasteiger partial charge in [0.2, 0.25) is 5.91 Å². The molecule has 0 aromatic heterocycles. The number of rotatable bonds is 5. The Morgan fingerprint density at radius 2 is 2.00 bits per heavy atom. The first kappa shape index (κ1) is 15.0. The first-order valence-electron chi connectivity index (χ1n) is 5.98. The smallest absolute Gasteiger partial charge is 0.328 e. The van der Waals surface area contributed by atoms with Gasteiger partial charge in [-0.15, -0.1) is 0 Å². The minimum atomic E-state index is -0.648. The van der Waals surface area contributed by atoms with Gasteiger partial charge in [-0.05, 0) is 31.0 Å². The molecule has 0 heterocycles. The Labute approximate surface area is 112 Å². The standard InChI is InChI=1S/C14H19NO4/c1-9-5-6-11(7-12(9)18-3)8-13(16)15-10(2)14(17)19-4/h5-7,10H,8H2,1-4H3,(H,15,16)/t10-/m0/s1. The highest BCUT2D eigenvalue weighted by molar-refractivity contribution is 5.85. The van der Waals surface area contributed by atoms with E-state index in [-0.39, 0.29) is 12.3 Å². The van der Waals surface area contributed by atoms with E-state index in [4.69, 9.17) is 4.74 Å². The van der Waals surface area contributed by atoms with Crippen LogP contribution in [0.4, 0.5) is 0 Å². The van der Waals surface area contributed by atoms with Crippen LogP contribution in [0.1, 0.15) is 18.1 Å². The lowest BCUT2D eigenvalue weighted by atomic mass is 10.1. The van der Waals surface area contributed by atoms with Crippen LogP contribution in [-0.2, 0) is 20.7 Å². The molecule has 1 aromatic carbocycles. The molecular weight excluding hydrogens is 246 g/mol. The molecular formula is C14H19NO4. The van der Waals surface area contributed by atoms with Crippen LogP contribution in [0.25, 0.3) is 0 Å². The van der Waals surface area contributed by atoms with Crippen LogP contribution in [0.2, 0.25) is 0 Å². The van der Waals surface area contributed by atoms with Gasteiger partial charge in [0.25, 0.3) is 0 Å². The predicted molar refractivity (Wildman–Crippen MR) is 71.1 cm³/mol. The number of benzene rings is 1. The largest absolute Gasteiger partial charge is 0.496 e. The summed E-state index contributed by atoms with van der Waals surface area (Å²) >= 11 is 0. The molecule has 5 nitrogen and oxygen atoms in total. The highest BCUT2D eigenvalue weighted by Gasteiger charge is 2.16. The van der Waals surface area contributed by atoms with Crippen molar-refractivity contribution in [3.8, 4) is 5.75 Å². The van der Waals surface area contributed by atoms with Gasteiger partial charge in [-0.2, -0.15) is 0 Å². The number of amides is 1. The molecule has 0 aliphatic rings. The minimum Gasteiger partial charge on any atom is -0.496 e. The van der Waals surface area contributed by atoms with E-state index >= 15 is 0 Å². The lowest BCUT2D eigenvalue weighted by molar-refractivity contribution is -0.144. The van der Waals surface area contributed by atoms with E-state index < -0.39 is 12.0 Å². The van der Waals surface area contributed by atoms with E-state index in [1.165, 1.54) is 7.11 Å². The topological polar surface area (TPSA) is 64.6 Å². The van der Waals surface area contributed by atoms with Crippen LogP contribution >= 0.6 is 0 Å². The lowest BCUT2D eigenvalue weighted by Crippen LogP contribution is -2.39. The highest BCUT2D eigenvalue weighted by Crippen LogP contribution is 2.19. The monoisotopic (exact) mass is 265 g/mol. The molecule has 0 radical (unpaired) electrons. The van der Waals surface area contributed by atoms with Gasteiger partial charge in [-0.3, -0.25) is 4.79 Å². The van der Waals surface area contributed by atoms with Crippen molar-refractivity contribution in [2.45, 2.75) is 26.3 Å². The summed E-state index contributed by atoms with van der Waals surface area (Å²) in [7, 11) is 2.88. The average Bonchev–Trinajstić information content (AvgIpc) is 2.39. The van der Waals surface area contributed by atoms with E-state index in [2.05, 4.69) is 10.1 Å². The zero-order valence-electron chi connectivity index (χ0n) is 11.6. The van der Waals surface area contributed by atoms with E-state index in [1.807, 2.05) is 25.1 Å². The number of esters is 1. The average molecular weight is 265 g/mol. The number of hydrogen-bond acceptors (Lipinski definition) is 4. The van der Waals surface area contributed by atoms with Crippen molar-refractivity contribution in [3.05, 3.63) is 29.3 Å². The van der Waals surface area contributed by atoms with Crippen molar-refractivity contribution in [3.63, 3.8) is 0 Å². The van der Waals surface area contributed by atoms with Gasteiger partial charge in [-0.1, -0.05) is 12.1 Å². The molecule has 0 saturated carbocycles. The zero-order chi connectivity index (χ0) is 14.4. The van der Waals surface area contributed by atoms with Crippen molar-refractivity contribution in [1.82, 2.24) is 5.32 Å². The molecule has 1 N–H and O–H groups in total. The maximum Gasteiger partial charge on any atom is 0.328 e. The minimum absolute atomic E-state index is 0.192. The lowest BCUT2D eigenvalue weighted by Gasteiger charge is -2.12. The molecule has 5 heteroatoms. The summed E-state index contributed by atoms with van der Waals surface area (Å²) in [6.45, 7) is 3.52. The quantitative estimate of drug-likeness (QED) is 0.813. The first-order chi connectivity index (χ1) is 8.97. The molecule has 0 aliphatic heterocycles. The Balaban J connectivity index is 2.64. The number of carbonyl (C=O) groups excluding carboxylic acids is 2. The summed E-state index contributed by atoms with van der Waals surface area (Å²) in [4.78, 5) is 23.0. The Hall–Kier alpha value is -2.04. The molecule has 1 atom stereocenters. The molecule has 0 fully saturated rings. The summed E-state index contributed by atoms with van der Waals surface area (Å²) < 4.78 is 9.74. The van der Waals surface area contributed by atoms with Gasteiger partial charge in [0.05, 0.1) is 20.6 Å². The normalized spacial score (nSPS) is 11.6. The molecule has 19 heavy (non-hydrogen) atoms. The summed E-state index contributed by atoms with van der Waals surface area (Å²) in [5, 5.41) is 2.58. The summed E-state index contributed by atoms with van der Waals surface area (Å²) in [5.41, 5.74) is 1.84. The van der Waals surface area contributed by atoms with Gasteiger partial charge in [-0.25, -0.2) is 4.79 Å². The SMILES string of the molecule is COC(=O)[C@H](C)NC(=O)Cc1ccc(C)c(OC)c1. The number of carbonyl (C=O) groups is 2. The van der Waals surface area contributed by atoms with E-state index in [9.17, 15) is 9.59 Å². The highest BCUT2D eigenvalue weighted by atomic mass is 16.5. The number of nitrogens with one attached hydrogen (secondary N) is 1. The number of aryl methyl sites for hydroxylation is 1. The van der Waals surface area contributed by atoms with Crippen LogP contribution < -0.4 is 10.1 Å². The molecule has 1 aromatic rings. The van der Waals surface area contributed by atoms with Crippen molar-refractivity contribution < 1.29 is 19.1 Å². The van der Waals surface area contributed by atoms with Crippen molar-refractivity contribution >= 4 is 11.9 Å². The zero-order valence-corrected chi connectivity index (χ0v) is 11.6. The van der Waals surface area contributed by atoms with Crippen molar-refractivity contribution in [1.29, 1.82) is 0 Å². The Morgan fingerprint density at radius 1 is 1.32 bits per heavy atom. The molecule has 1 rings (SSSR count). The maximum absolute atomic E-state index is 11.8. The van der Waals surface area contributed by atoms with Gasteiger partial charge in [0, 0.05) is 0 Å². The van der Waals surface area contributed by atoms with Gasteiger partial charge in [0.1, 0.15) is 11.8 Å². The third-order valence-electron chi connectivity index (χ3n) is 2.77. The van der Waals surface area contributed by atoms with Crippen LogP contribution in [0.15, 0.2) is 18.2 Å². The van der Waals surface area contributed by atoms with E-state index in [1.54, 1.807) is 14.0 Å².